The maximum atomic E-state index is 12.7. The third kappa shape index (κ3) is 3.91. The van der Waals surface area contributed by atoms with Crippen molar-refractivity contribution < 1.29 is 4.52 Å². The zero-order valence-corrected chi connectivity index (χ0v) is 17.7. The highest BCUT2D eigenvalue weighted by atomic mass is 32.1. The van der Waals surface area contributed by atoms with Crippen LogP contribution in [0, 0.1) is 6.92 Å². The fourth-order valence-corrected chi connectivity index (χ4v) is 5.49. The average Bonchev–Trinajstić information content (AvgIpc) is 3.44. The van der Waals surface area contributed by atoms with Crippen LogP contribution in [-0.2, 0) is 13.1 Å². The van der Waals surface area contributed by atoms with Crippen LogP contribution in [0.2, 0.25) is 0 Å². The number of aryl methyl sites for hydroxylation is 1. The van der Waals surface area contributed by atoms with Gasteiger partial charge in [0.25, 0.3) is 5.56 Å². The number of fused-ring (bicyclic) bond motifs is 1. The van der Waals surface area contributed by atoms with Gasteiger partial charge in [-0.15, -0.1) is 22.7 Å². The SMILES string of the molecule is Cc1cc(CN2CCN(Cc3nc4scc(-c5cccs5)c4c(=O)[nH]3)CC2)on1. The first-order chi connectivity index (χ1) is 14.2. The van der Waals surface area contributed by atoms with Gasteiger partial charge in [0.05, 0.1) is 24.2 Å². The van der Waals surface area contributed by atoms with Gasteiger partial charge in [-0.1, -0.05) is 11.2 Å². The maximum Gasteiger partial charge on any atom is 0.260 e. The normalized spacial score (nSPS) is 16.0. The first kappa shape index (κ1) is 18.7. The number of nitrogens with one attached hydrogen (secondary N) is 1. The second-order valence-corrected chi connectivity index (χ2v) is 9.11. The lowest BCUT2D eigenvalue weighted by atomic mass is 10.2. The second kappa shape index (κ2) is 7.83. The molecule has 1 N–H and O–H groups in total. The number of H-pyrrole nitrogens is 1. The molecule has 5 heterocycles. The number of piperazine rings is 1. The quantitative estimate of drug-likeness (QED) is 0.526. The van der Waals surface area contributed by atoms with Crippen molar-refractivity contribution in [3.8, 4) is 10.4 Å². The highest BCUT2D eigenvalue weighted by Gasteiger charge is 2.20. The second-order valence-electron chi connectivity index (χ2n) is 7.31. The van der Waals surface area contributed by atoms with Gasteiger partial charge in [0.2, 0.25) is 0 Å². The van der Waals surface area contributed by atoms with Crippen LogP contribution in [0.3, 0.4) is 0 Å². The van der Waals surface area contributed by atoms with Gasteiger partial charge in [-0.05, 0) is 18.4 Å². The van der Waals surface area contributed by atoms with Crippen molar-refractivity contribution in [1.82, 2.24) is 24.9 Å². The zero-order valence-electron chi connectivity index (χ0n) is 16.1. The third-order valence-electron chi connectivity index (χ3n) is 5.17. The summed E-state index contributed by atoms with van der Waals surface area (Å²) in [6.07, 6.45) is 0. The predicted molar refractivity (Wildman–Crippen MR) is 115 cm³/mol. The first-order valence-electron chi connectivity index (χ1n) is 9.57. The van der Waals surface area contributed by atoms with Crippen molar-refractivity contribution in [2.75, 3.05) is 26.2 Å². The molecule has 0 saturated carbocycles. The number of hydrogen-bond acceptors (Lipinski definition) is 8. The monoisotopic (exact) mass is 427 g/mol. The molecule has 0 aliphatic carbocycles. The van der Waals surface area contributed by atoms with E-state index in [1.165, 1.54) is 11.3 Å². The Labute approximate surface area is 175 Å². The van der Waals surface area contributed by atoms with Gasteiger partial charge in [0, 0.05) is 48.1 Å². The lowest BCUT2D eigenvalue weighted by molar-refractivity contribution is 0.112. The largest absolute Gasteiger partial charge is 0.360 e. The van der Waals surface area contributed by atoms with Crippen molar-refractivity contribution in [3.63, 3.8) is 0 Å². The van der Waals surface area contributed by atoms with Crippen LogP contribution in [-0.4, -0.2) is 51.1 Å². The van der Waals surface area contributed by atoms with E-state index in [1.54, 1.807) is 11.3 Å². The van der Waals surface area contributed by atoms with Gasteiger partial charge in [-0.2, -0.15) is 0 Å². The van der Waals surface area contributed by atoms with Crippen molar-refractivity contribution in [3.05, 3.63) is 56.6 Å². The molecule has 29 heavy (non-hydrogen) atoms. The number of aromatic amines is 1. The molecule has 150 valence electrons. The van der Waals surface area contributed by atoms with E-state index in [4.69, 9.17) is 9.51 Å². The molecule has 7 nitrogen and oxygen atoms in total. The fraction of sp³-hybridized carbons (Fsp3) is 0.350. The average molecular weight is 428 g/mol. The minimum Gasteiger partial charge on any atom is -0.360 e. The molecule has 1 aliphatic heterocycles. The molecular formula is C20H21N5O2S2. The summed E-state index contributed by atoms with van der Waals surface area (Å²) in [6, 6.07) is 6.03. The summed E-state index contributed by atoms with van der Waals surface area (Å²) in [5, 5.41) is 8.71. The molecule has 0 radical (unpaired) electrons. The summed E-state index contributed by atoms with van der Waals surface area (Å²) in [7, 11) is 0. The molecule has 0 bridgehead atoms. The number of rotatable bonds is 5. The van der Waals surface area contributed by atoms with Crippen molar-refractivity contribution in [1.29, 1.82) is 0 Å². The Morgan fingerprint density at radius 1 is 1.17 bits per heavy atom. The first-order valence-corrected chi connectivity index (χ1v) is 11.3. The molecule has 0 spiro atoms. The summed E-state index contributed by atoms with van der Waals surface area (Å²) in [6.45, 7) is 7.15. The van der Waals surface area contributed by atoms with E-state index < -0.39 is 0 Å². The van der Waals surface area contributed by atoms with Gasteiger partial charge in [-0.3, -0.25) is 14.6 Å². The van der Waals surface area contributed by atoms with E-state index in [2.05, 4.69) is 19.9 Å². The molecule has 1 aliphatic rings. The summed E-state index contributed by atoms with van der Waals surface area (Å²) in [5.41, 5.74) is 1.85. The van der Waals surface area contributed by atoms with E-state index in [0.717, 1.165) is 65.3 Å². The maximum absolute atomic E-state index is 12.7. The Bertz CT molecular complexity index is 1170. The number of thiophene rings is 2. The standard InChI is InChI=1S/C20H21N5O2S2/c1-13-9-14(27-23-13)10-24-4-6-25(7-5-24)11-17-21-19(26)18-15(12-29-20(18)22-17)16-3-2-8-28-16/h2-3,8-9,12H,4-7,10-11H2,1H3,(H,21,22,26). The molecule has 0 unspecified atom stereocenters. The van der Waals surface area contributed by atoms with Crippen LogP contribution >= 0.6 is 22.7 Å². The van der Waals surface area contributed by atoms with Crippen LogP contribution in [0.1, 0.15) is 17.3 Å². The van der Waals surface area contributed by atoms with Gasteiger partial charge in [0.15, 0.2) is 5.76 Å². The summed E-state index contributed by atoms with van der Waals surface area (Å²) in [4.78, 5) is 27.1. The number of nitrogens with zero attached hydrogens (tertiary/aromatic N) is 4. The number of aromatic nitrogens is 3. The third-order valence-corrected chi connectivity index (χ3v) is 6.95. The van der Waals surface area contributed by atoms with E-state index in [1.807, 2.05) is 35.9 Å². The minimum absolute atomic E-state index is 0.0472. The van der Waals surface area contributed by atoms with E-state index >= 15 is 0 Å². The Morgan fingerprint density at radius 2 is 1.97 bits per heavy atom. The summed E-state index contributed by atoms with van der Waals surface area (Å²) >= 11 is 3.18. The Balaban J connectivity index is 1.26. The highest BCUT2D eigenvalue weighted by molar-refractivity contribution is 7.18. The van der Waals surface area contributed by atoms with Gasteiger partial charge in [0.1, 0.15) is 10.7 Å². The molecule has 4 aromatic heterocycles. The lowest BCUT2D eigenvalue weighted by Crippen LogP contribution is -2.45. The molecule has 1 fully saturated rings. The summed E-state index contributed by atoms with van der Waals surface area (Å²) in [5.74, 6) is 1.65. The Hall–Kier alpha value is -2.33. The number of hydrogen-bond donors (Lipinski definition) is 1. The van der Waals surface area contributed by atoms with Crippen LogP contribution in [0.25, 0.3) is 20.7 Å². The lowest BCUT2D eigenvalue weighted by Gasteiger charge is -2.33. The van der Waals surface area contributed by atoms with Crippen LogP contribution in [0.4, 0.5) is 0 Å². The molecule has 1 saturated heterocycles. The molecule has 0 atom stereocenters. The zero-order chi connectivity index (χ0) is 19.8. The van der Waals surface area contributed by atoms with Crippen LogP contribution < -0.4 is 5.56 Å². The van der Waals surface area contributed by atoms with Crippen molar-refractivity contribution in [2.24, 2.45) is 0 Å². The topological polar surface area (TPSA) is 78.3 Å². The van der Waals surface area contributed by atoms with Gasteiger partial charge in [-0.25, -0.2) is 4.98 Å². The highest BCUT2D eigenvalue weighted by Crippen LogP contribution is 2.33. The predicted octanol–water partition coefficient (Wildman–Crippen LogP) is 3.33. The van der Waals surface area contributed by atoms with Crippen molar-refractivity contribution >= 4 is 32.9 Å². The van der Waals surface area contributed by atoms with Crippen molar-refractivity contribution in [2.45, 2.75) is 20.0 Å². The molecule has 9 heteroatoms. The van der Waals surface area contributed by atoms with Gasteiger partial charge < -0.3 is 9.51 Å². The minimum atomic E-state index is -0.0472. The van der Waals surface area contributed by atoms with E-state index in [-0.39, 0.29) is 5.56 Å². The summed E-state index contributed by atoms with van der Waals surface area (Å²) < 4.78 is 5.32. The molecular weight excluding hydrogens is 406 g/mol. The molecule has 4 aromatic rings. The Kier molecular flexibility index (Phi) is 5.04. The molecule has 0 aromatic carbocycles. The Morgan fingerprint density at radius 3 is 2.66 bits per heavy atom. The smallest absolute Gasteiger partial charge is 0.260 e. The fourth-order valence-electron chi connectivity index (χ4n) is 3.71. The van der Waals surface area contributed by atoms with Crippen LogP contribution in [0.15, 0.2) is 38.3 Å². The van der Waals surface area contributed by atoms with E-state index in [0.29, 0.717) is 11.9 Å². The molecule has 5 rings (SSSR count). The molecule has 0 amide bonds. The van der Waals surface area contributed by atoms with Crippen LogP contribution in [0.5, 0.6) is 0 Å². The van der Waals surface area contributed by atoms with E-state index in [9.17, 15) is 4.79 Å². The van der Waals surface area contributed by atoms with Gasteiger partial charge >= 0.3 is 0 Å².